The van der Waals surface area contributed by atoms with Gasteiger partial charge in [0.05, 0.1) is 17.2 Å². The second-order valence-corrected chi connectivity index (χ2v) is 11.2. The molecule has 8 nitrogen and oxygen atoms in total. The summed E-state index contributed by atoms with van der Waals surface area (Å²) in [6.45, 7) is 10.1. The van der Waals surface area contributed by atoms with Crippen molar-refractivity contribution in [3.8, 4) is 6.07 Å². The average molecular weight is 559 g/mol. The minimum Gasteiger partial charge on any atom is -0.354 e. The number of allylic oxidation sites excluding steroid dienone is 3. The van der Waals surface area contributed by atoms with E-state index in [-0.39, 0.29) is 31.1 Å². The first-order valence-corrected chi connectivity index (χ1v) is 14.1. The molecule has 0 unspecified atom stereocenters. The second kappa shape index (κ2) is 13.1. The quantitative estimate of drug-likeness (QED) is 0.502. The fourth-order valence-electron chi connectivity index (χ4n) is 5.21. The van der Waals surface area contributed by atoms with Gasteiger partial charge in [0, 0.05) is 70.4 Å². The van der Waals surface area contributed by atoms with E-state index in [0.717, 1.165) is 43.1 Å². The predicted octanol–water partition coefficient (Wildman–Crippen LogP) is 4.55. The SMILES string of the molecule is C/C(=C/C(C)=C(\C)NC(=O)c1ccc(N2CCN(C)CC2)nc1)CC(=O)N1CCC(F)(c2ccc(C#N)cc2)CC1. The van der Waals surface area contributed by atoms with Gasteiger partial charge in [-0.3, -0.25) is 9.59 Å². The topological polar surface area (TPSA) is 92.6 Å². The number of hydrogen-bond acceptors (Lipinski definition) is 6. The highest BCUT2D eigenvalue weighted by Crippen LogP contribution is 2.37. The molecule has 1 aromatic carbocycles. The Balaban J connectivity index is 1.28. The number of pyridine rings is 1. The number of benzene rings is 1. The summed E-state index contributed by atoms with van der Waals surface area (Å²) in [5.41, 5.74) is 2.47. The molecule has 0 atom stereocenters. The van der Waals surface area contributed by atoms with Crippen molar-refractivity contribution < 1.29 is 14.0 Å². The van der Waals surface area contributed by atoms with E-state index in [1.165, 1.54) is 0 Å². The number of alkyl halides is 1. The van der Waals surface area contributed by atoms with Crippen LogP contribution >= 0.6 is 0 Å². The number of rotatable bonds is 7. The fraction of sp³-hybridized carbons (Fsp3) is 0.438. The molecular formula is C32H39FN6O2. The lowest BCUT2D eigenvalue weighted by Crippen LogP contribution is -2.44. The van der Waals surface area contributed by atoms with E-state index in [0.29, 0.717) is 35.5 Å². The lowest BCUT2D eigenvalue weighted by molar-refractivity contribution is -0.133. The van der Waals surface area contributed by atoms with Crippen LogP contribution in [0.3, 0.4) is 0 Å². The van der Waals surface area contributed by atoms with Crippen LogP contribution < -0.4 is 10.2 Å². The van der Waals surface area contributed by atoms with Crippen LogP contribution in [0.5, 0.6) is 0 Å². The van der Waals surface area contributed by atoms with E-state index in [2.05, 4.69) is 33.2 Å². The van der Waals surface area contributed by atoms with Gasteiger partial charge in [0.1, 0.15) is 11.5 Å². The number of nitriles is 1. The van der Waals surface area contributed by atoms with Crippen molar-refractivity contribution in [3.63, 3.8) is 0 Å². The Hall–Kier alpha value is -4.03. The number of likely N-dealkylation sites (N-methyl/N-ethyl adjacent to an activating group) is 1. The van der Waals surface area contributed by atoms with Crippen molar-refractivity contribution in [3.05, 3.63) is 82.2 Å². The van der Waals surface area contributed by atoms with Crippen LogP contribution in [-0.2, 0) is 10.5 Å². The zero-order valence-electron chi connectivity index (χ0n) is 24.4. The third-order valence-corrected chi connectivity index (χ3v) is 8.06. The summed E-state index contributed by atoms with van der Waals surface area (Å²) in [5.74, 6) is 0.606. The van der Waals surface area contributed by atoms with Crippen molar-refractivity contribution >= 4 is 17.6 Å². The Morgan fingerprint density at radius 3 is 2.27 bits per heavy atom. The number of nitrogens with one attached hydrogen (secondary N) is 1. The molecule has 0 saturated carbocycles. The molecule has 2 aliphatic rings. The van der Waals surface area contributed by atoms with E-state index in [1.807, 2.05) is 32.9 Å². The van der Waals surface area contributed by atoms with E-state index in [1.54, 1.807) is 41.4 Å². The largest absolute Gasteiger partial charge is 0.354 e. The molecule has 9 heteroatoms. The maximum absolute atomic E-state index is 15.6. The van der Waals surface area contributed by atoms with Gasteiger partial charge >= 0.3 is 0 Å². The van der Waals surface area contributed by atoms with Crippen molar-refractivity contribution in [2.75, 3.05) is 51.2 Å². The van der Waals surface area contributed by atoms with Gasteiger partial charge in [0.25, 0.3) is 5.91 Å². The lowest BCUT2D eigenvalue weighted by Gasteiger charge is -2.37. The molecule has 0 aliphatic carbocycles. The standard InChI is InChI=1S/C32H39FN6O2/c1-23(20-30(40)39-13-11-32(33,12-14-39)28-8-5-26(21-34)6-9-28)19-24(2)25(3)36-31(41)27-7-10-29(35-22-27)38-17-15-37(4)16-18-38/h5-10,19,22H,11-18,20H2,1-4H3,(H,36,41)/b23-19-,25-24+. The number of carbonyl (C=O) groups excluding carboxylic acids is 2. The number of piperazine rings is 1. The molecule has 1 N–H and O–H groups in total. The predicted molar refractivity (Wildman–Crippen MR) is 158 cm³/mol. The van der Waals surface area contributed by atoms with Crippen molar-refractivity contribution in [2.24, 2.45) is 0 Å². The zero-order chi connectivity index (χ0) is 29.6. The molecule has 2 fully saturated rings. The number of aromatic nitrogens is 1. The van der Waals surface area contributed by atoms with E-state index < -0.39 is 5.67 Å². The molecule has 216 valence electrons. The summed E-state index contributed by atoms with van der Waals surface area (Å²) < 4.78 is 15.6. The molecule has 0 radical (unpaired) electrons. The highest BCUT2D eigenvalue weighted by atomic mass is 19.1. The average Bonchev–Trinajstić information content (AvgIpc) is 2.97. The first-order valence-electron chi connectivity index (χ1n) is 14.1. The number of nitrogens with zero attached hydrogens (tertiary/aromatic N) is 5. The van der Waals surface area contributed by atoms with E-state index in [4.69, 9.17) is 5.26 Å². The molecule has 2 aliphatic heterocycles. The smallest absolute Gasteiger partial charge is 0.256 e. The number of likely N-dealkylation sites (tertiary alicyclic amines) is 1. The Kier molecular flexibility index (Phi) is 9.56. The first-order chi connectivity index (χ1) is 19.6. The van der Waals surface area contributed by atoms with Crippen LogP contribution in [0.15, 0.2) is 65.5 Å². The minimum atomic E-state index is -1.50. The number of halogens is 1. The fourth-order valence-corrected chi connectivity index (χ4v) is 5.21. The molecule has 41 heavy (non-hydrogen) atoms. The normalized spacial score (nSPS) is 18.4. The van der Waals surface area contributed by atoms with Gasteiger partial charge in [0.15, 0.2) is 0 Å². The summed E-state index contributed by atoms with van der Waals surface area (Å²) in [4.78, 5) is 36.5. The Morgan fingerprint density at radius 2 is 1.68 bits per heavy atom. The van der Waals surface area contributed by atoms with Crippen molar-refractivity contribution in [1.82, 2.24) is 20.1 Å². The lowest BCUT2D eigenvalue weighted by atomic mass is 9.85. The molecule has 2 saturated heterocycles. The van der Waals surface area contributed by atoms with Crippen LogP contribution in [0.1, 0.15) is 61.5 Å². The second-order valence-electron chi connectivity index (χ2n) is 11.2. The third-order valence-electron chi connectivity index (χ3n) is 8.06. The number of anilines is 1. The summed E-state index contributed by atoms with van der Waals surface area (Å²) >= 11 is 0. The van der Waals surface area contributed by atoms with Crippen molar-refractivity contribution in [1.29, 1.82) is 5.26 Å². The summed E-state index contributed by atoms with van der Waals surface area (Å²) in [7, 11) is 2.11. The monoisotopic (exact) mass is 558 g/mol. The third kappa shape index (κ3) is 7.59. The maximum Gasteiger partial charge on any atom is 0.256 e. The summed E-state index contributed by atoms with van der Waals surface area (Å²) in [6.07, 6.45) is 4.19. The van der Waals surface area contributed by atoms with Crippen LogP contribution in [-0.4, -0.2) is 72.9 Å². The van der Waals surface area contributed by atoms with Gasteiger partial charge in [-0.25, -0.2) is 9.37 Å². The molecule has 1 aromatic heterocycles. The van der Waals surface area contributed by atoms with Gasteiger partial charge in [-0.2, -0.15) is 5.26 Å². The highest BCUT2D eigenvalue weighted by molar-refractivity contribution is 5.95. The number of carbonyl (C=O) groups is 2. The summed E-state index contributed by atoms with van der Waals surface area (Å²) in [5, 5.41) is 11.9. The van der Waals surface area contributed by atoms with Gasteiger partial charge in [0.2, 0.25) is 5.91 Å². The first kappa shape index (κ1) is 29.9. The van der Waals surface area contributed by atoms with Crippen LogP contribution in [0.25, 0.3) is 0 Å². The van der Waals surface area contributed by atoms with Gasteiger partial charge in [-0.1, -0.05) is 23.8 Å². The van der Waals surface area contributed by atoms with E-state index >= 15 is 4.39 Å². The molecule has 0 bridgehead atoms. The Bertz CT molecular complexity index is 1340. The number of hydrogen-bond donors (Lipinski definition) is 1. The summed E-state index contributed by atoms with van der Waals surface area (Å²) in [6, 6.07) is 12.3. The maximum atomic E-state index is 15.6. The molecule has 2 aromatic rings. The van der Waals surface area contributed by atoms with Gasteiger partial charge < -0.3 is 20.0 Å². The molecule has 4 rings (SSSR count). The van der Waals surface area contributed by atoms with Crippen molar-refractivity contribution in [2.45, 2.75) is 45.7 Å². The number of piperidine rings is 1. The Labute approximate surface area is 242 Å². The number of amides is 2. The van der Waals surface area contributed by atoms with Crippen LogP contribution in [0.4, 0.5) is 10.2 Å². The molecule has 3 heterocycles. The van der Waals surface area contributed by atoms with Crippen LogP contribution in [0.2, 0.25) is 0 Å². The van der Waals surface area contributed by atoms with E-state index in [9.17, 15) is 9.59 Å². The minimum absolute atomic E-state index is 0.0402. The molecular weight excluding hydrogens is 519 g/mol. The van der Waals surface area contributed by atoms with Crippen LogP contribution in [0, 0.1) is 11.3 Å². The van der Waals surface area contributed by atoms with Gasteiger partial charge in [-0.15, -0.1) is 0 Å². The highest BCUT2D eigenvalue weighted by Gasteiger charge is 2.37. The molecule has 2 amide bonds. The molecule has 0 spiro atoms. The zero-order valence-corrected chi connectivity index (χ0v) is 24.4. The Morgan fingerprint density at radius 1 is 1.02 bits per heavy atom. The van der Waals surface area contributed by atoms with Gasteiger partial charge in [-0.05, 0) is 63.2 Å².